The smallest absolute Gasteiger partial charge is 0.165 e. The molecule has 0 aromatic heterocycles. The standard InChI is InChI=1S/C15H21NO3/c1-2-3-8-17-9-7-16-12-13-5-4-6-14-15(13)19-11-10-18-14/h2,4-6,16H,1,3,7-12H2. The summed E-state index contributed by atoms with van der Waals surface area (Å²) in [5.74, 6) is 1.71. The summed E-state index contributed by atoms with van der Waals surface area (Å²) in [5.41, 5.74) is 1.13. The fourth-order valence-electron chi connectivity index (χ4n) is 1.91. The van der Waals surface area contributed by atoms with Crippen molar-refractivity contribution < 1.29 is 14.2 Å². The summed E-state index contributed by atoms with van der Waals surface area (Å²) >= 11 is 0. The van der Waals surface area contributed by atoms with Crippen LogP contribution in [-0.4, -0.2) is 33.0 Å². The highest BCUT2D eigenvalue weighted by Gasteiger charge is 2.14. The molecule has 0 spiro atoms. The summed E-state index contributed by atoms with van der Waals surface area (Å²) in [6.45, 7) is 7.93. The normalized spacial score (nSPS) is 13.3. The maximum Gasteiger partial charge on any atom is 0.165 e. The van der Waals surface area contributed by atoms with Crippen LogP contribution in [0.4, 0.5) is 0 Å². The first-order valence-corrected chi connectivity index (χ1v) is 6.68. The lowest BCUT2D eigenvalue weighted by Crippen LogP contribution is -2.22. The van der Waals surface area contributed by atoms with Crippen molar-refractivity contribution >= 4 is 0 Å². The van der Waals surface area contributed by atoms with Crippen LogP contribution in [0.1, 0.15) is 12.0 Å². The van der Waals surface area contributed by atoms with E-state index in [2.05, 4.69) is 18.0 Å². The van der Waals surface area contributed by atoms with Crippen LogP contribution in [0, 0.1) is 0 Å². The lowest BCUT2D eigenvalue weighted by atomic mass is 10.1. The van der Waals surface area contributed by atoms with Gasteiger partial charge in [-0.3, -0.25) is 0 Å². The minimum atomic E-state index is 0.620. The first kappa shape index (κ1) is 13.9. The van der Waals surface area contributed by atoms with E-state index in [1.54, 1.807) is 0 Å². The van der Waals surface area contributed by atoms with Crippen molar-refractivity contribution in [2.45, 2.75) is 13.0 Å². The molecule has 1 aliphatic rings. The molecular weight excluding hydrogens is 242 g/mol. The largest absolute Gasteiger partial charge is 0.486 e. The molecule has 0 unspecified atom stereocenters. The fraction of sp³-hybridized carbons (Fsp3) is 0.467. The van der Waals surface area contributed by atoms with E-state index in [1.807, 2.05) is 18.2 Å². The topological polar surface area (TPSA) is 39.7 Å². The number of fused-ring (bicyclic) bond motifs is 1. The van der Waals surface area contributed by atoms with Gasteiger partial charge in [-0.15, -0.1) is 6.58 Å². The summed E-state index contributed by atoms with van der Waals surface area (Å²) in [4.78, 5) is 0. The third-order valence-corrected chi connectivity index (χ3v) is 2.85. The highest BCUT2D eigenvalue weighted by atomic mass is 16.6. The fourth-order valence-corrected chi connectivity index (χ4v) is 1.91. The number of hydrogen-bond donors (Lipinski definition) is 1. The van der Waals surface area contributed by atoms with Gasteiger partial charge in [0.15, 0.2) is 11.5 Å². The summed E-state index contributed by atoms with van der Waals surface area (Å²) in [6, 6.07) is 5.99. The van der Waals surface area contributed by atoms with E-state index in [1.165, 1.54) is 0 Å². The predicted molar refractivity (Wildman–Crippen MR) is 74.8 cm³/mol. The van der Waals surface area contributed by atoms with Gasteiger partial charge in [-0.25, -0.2) is 0 Å². The van der Waals surface area contributed by atoms with Gasteiger partial charge in [0.25, 0.3) is 0 Å². The van der Waals surface area contributed by atoms with Gasteiger partial charge in [0, 0.05) is 18.7 Å². The second-order valence-electron chi connectivity index (χ2n) is 4.31. The highest BCUT2D eigenvalue weighted by Crippen LogP contribution is 2.33. The van der Waals surface area contributed by atoms with Gasteiger partial charge in [-0.1, -0.05) is 18.2 Å². The summed E-state index contributed by atoms with van der Waals surface area (Å²) in [5, 5.41) is 3.34. The zero-order valence-electron chi connectivity index (χ0n) is 11.2. The molecule has 0 saturated carbocycles. The molecule has 0 fully saturated rings. The molecule has 1 aromatic rings. The predicted octanol–water partition coefficient (Wildman–Crippen LogP) is 2.14. The number of para-hydroxylation sites is 1. The second-order valence-corrected chi connectivity index (χ2v) is 4.31. The van der Waals surface area contributed by atoms with E-state index in [4.69, 9.17) is 14.2 Å². The number of benzene rings is 1. The Morgan fingerprint density at radius 1 is 1.26 bits per heavy atom. The van der Waals surface area contributed by atoms with E-state index < -0.39 is 0 Å². The molecule has 1 heterocycles. The van der Waals surface area contributed by atoms with Crippen LogP contribution in [0.15, 0.2) is 30.9 Å². The number of hydrogen-bond acceptors (Lipinski definition) is 4. The van der Waals surface area contributed by atoms with Crippen LogP contribution >= 0.6 is 0 Å². The van der Waals surface area contributed by atoms with E-state index >= 15 is 0 Å². The Morgan fingerprint density at radius 3 is 3.05 bits per heavy atom. The van der Waals surface area contributed by atoms with Gasteiger partial charge >= 0.3 is 0 Å². The molecule has 0 aliphatic carbocycles. The van der Waals surface area contributed by atoms with Crippen molar-refractivity contribution in [1.29, 1.82) is 0 Å². The van der Waals surface area contributed by atoms with Gasteiger partial charge in [-0.2, -0.15) is 0 Å². The van der Waals surface area contributed by atoms with Crippen molar-refractivity contribution in [3.05, 3.63) is 36.4 Å². The van der Waals surface area contributed by atoms with Crippen LogP contribution in [0.3, 0.4) is 0 Å². The monoisotopic (exact) mass is 263 g/mol. The Morgan fingerprint density at radius 2 is 2.16 bits per heavy atom. The molecule has 0 radical (unpaired) electrons. The van der Waals surface area contributed by atoms with Gasteiger partial charge in [0.1, 0.15) is 13.2 Å². The molecule has 19 heavy (non-hydrogen) atoms. The zero-order valence-corrected chi connectivity index (χ0v) is 11.2. The average molecular weight is 263 g/mol. The summed E-state index contributed by atoms with van der Waals surface area (Å²) < 4.78 is 16.6. The van der Waals surface area contributed by atoms with Crippen LogP contribution in [0.2, 0.25) is 0 Å². The molecule has 4 heteroatoms. The minimum absolute atomic E-state index is 0.620. The Balaban J connectivity index is 1.72. The quantitative estimate of drug-likeness (QED) is 0.576. The van der Waals surface area contributed by atoms with Crippen LogP contribution < -0.4 is 14.8 Å². The molecular formula is C15H21NO3. The molecule has 0 atom stereocenters. The third-order valence-electron chi connectivity index (χ3n) is 2.85. The van der Waals surface area contributed by atoms with Gasteiger partial charge < -0.3 is 19.5 Å². The van der Waals surface area contributed by atoms with E-state index in [9.17, 15) is 0 Å². The van der Waals surface area contributed by atoms with Crippen molar-refractivity contribution in [1.82, 2.24) is 5.32 Å². The molecule has 0 bridgehead atoms. The van der Waals surface area contributed by atoms with Crippen molar-refractivity contribution in [2.24, 2.45) is 0 Å². The Kier molecular flexibility index (Phi) is 5.72. The average Bonchev–Trinajstić information content (AvgIpc) is 2.46. The van der Waals surface area contributed by atoms with Crippen LogP contribution in [-0.2, 0) is 11.3 Å². The SMILES string of the molecule is C=CCCOCCNCc1cccc2c1OCCO2. The number of nitrogens with one attached hydrogen (secondary N) is 1. The maximum absolute atomic E-state index is 5.66. The van der Waals surface area contributed by atoms with Crippen LogP contribution in [0.5, 0.6) is 11.5 Å². The molecule has 0 saturated heterocycles. The van der Waals surface area contributed by atoms with Crippen LogP contribution in [0.25, 0.3) is 0 Å². The Bertz CT molecular complexity index is 406. The van der Waals surface area contributed by atoms with Gasteiger partial charge in [-0.05, 0) is 12.5 Å². The van der Waals surface area contributed by atoms with Crippen molar-refractivity contribution in [3.8, 4) is 11.5 Å². The lowest BCUT2D eigenvalue weighted by molar-refractivity contribution is 0.140. The van der Waals surface area contributed by atoms with Gasteiger partial charge in [0.05, 0.1) is 13.2 Å². The first-order valence-electron chi connectivity index (χ1n) is 6.68. The minimum Gasteiger partial charge on any atom is -0.486 e. The van der Waals surface area contributed by atoms with E-state index in [0.29, 0.717) is 19.8 Å². The lowest BCUT2D eigenvalue weighted by Gasteiger charge is -2.21. The van der Waals surface area contributed by atoms with E-state index in [-0.39, 0.29) is 0 Å². The molecule has 1 N–H and O–H groups in total. The van der Waals surface area contributed by atoms with Crippen molar-refractivity contribution in [3.63, 3.8) is 0 Å². The Labute approximate surface area is 114 Å². The van der Waals surface area contributed by atoms with E-state index in [0.717, 1.165) is 43.2 Å². The molecule has 104 valence electrons. The second kappa shape index (κ2) is 7.81. The zero-order chi connectivity index (χ0) is 13.3. The molecule has 4 nitrogen and oxygen atoms in total. The number of ether oxygens (including phenoxy) is 3. The molecule has 1 aromatic carbocycles. The summed E-state index contributed by atoms with van der Waals surface area (Å²) in [6.07, 6.45) is 2.76. The molecule has 1 aliphatic heterocycles. The third kappa shape index (κ3) is 4.26. The Hall–Kier alpha value is -1.52. The van der Waals surface area contributed by atoms with Crippen molar-refractivity contribution in [2.75, 3.05) is 33.0 Å². The maximum atomic E-state index is 5.66. The van der Waals surface area contributed by atoms with Gasteiger partial charge in [0.2, 0.25) is 0 Å². The summed E-state index contributed by atoms with van der Waals surface area (Å²) in [7, 11) is 0. The highest BCUT2D eigenvalue weighted by molar-refractivity contribution is 5.47. The molecule has 0 amide bonds. The number of rotatable bonds is 8. The first-order chi connectivity index (χ1) is 9.42. The molecule has 2 rings (SSSR count).